The predicted octanol–water partition coefficient (Wildman–Crippen LogP) is 5.60. The van der Waals surface area contributed by atoms with Crippen molar-refractivity contribution >= 4 is 39.3 Å². The third-order valence-electron chi connectivity index (χ3n) is 5.17. The van der Waals surface area contributed by atoms with Gasteiger partial charge in [0.25, 0.3) is 0 Å². The van der Waals surface area contributed by atoms with Crippen LogP contribution in [0.4, 0.5) is 35.0 Å². The summed E-state index contributed by atoms with van der Waals surface area (Å²) in [5.41, 5.74) is 0.502. The summed E-state index contributed by atoms with van der Waals surface area (Å²) >= 11 is 0. The molecule has 0 aliphatic rings. The molecule has 0 aliphatic carbocycles. The van der Waals surface area contributed by atoms with Crippen molar-refractivity contribution in [3.8, 4) is 11.1 Å². The zero-order valence-electron chi connectivity index (χ0n) is 20.6. The van der Waals surface area contributed by atoms with Crippen LogP contribution < -0.4 is 10.2 Å². The maximum absolute atomic E-state index is 14.0. The van der Waals surface area contributed by atoms with Crippen molar-refractivity contribution in [2.75, 3.05) is 23.5 Å². The minimum absolute atomic E-state index is 0.0587. The molecule has 8 nitrogen and oxygen atoms in total. The number of alkyl halides is 3. The highest BCUT2D eigenvalue weighted by Gasteiger charge is 2.30. The Morgan fingerprint density at radius 2 is 1.87 bits per heavy atom. The van der Waals surface area contributed by atoms with E-state index in [1.54, 1.807) is 24.3 Å². The summed E-state index contributed by atoms with van der Waals surface area (Å²) in [7, 11) is -2.42. The van der Waals surface area contributed by atoms with E-state index in [2.05, 4.69) is 21.9 Å². The monoisotopic (exact) mass is 562 g/mol. The van der Waals surface area contributed by atoms with Crippen molar-refractivity contribution in [1.82, 2.24) is 9.97 Å². The van der Waals surface area contributed by atoms with E-state index in [9.17, 15) is 30.8 Å². The van der Waals surface area contributed by atoms with Crippen LogP contribution in [0.3, 0.4) is 0 Å². The molecular weight excluding hydrogens is 540 g/mol. The maximum Gasteiger partial charge on any atom is 0.415 e. The van der Waals surface area contributed by atoms with E-state index in [1.165, 1.54) is 30.3 Å². The number of aliphatic carboxylic acids is 1. The highest BCUT2D eigenvalue weighted by molar-refractivity contribution is 7.90. The van der Waals surface area contributed by atoms with Crippen LogP contribution in [0, 0.1) is 5.82 Å². The third-order valence-corrected chi connectivity index (χ3v) is 6.28. The van der Waals surface area contributed by atoms with Crippen LogP contribution in [-0.4, -0.2) is 48.9 Å². The molecule has 204 valence electrons. The minimum atomic E-state index is -4.64. The fraction of sp³-hybridized carbons (Fsp3) is 0.115. The average Bonchev–Trinajstić information content (AvgIpc) is 2.85. The second kappa shape index (κ2) is 11.5. The van der Waals surface area contributed by atoms with Crippen LogP contribution >= 0.6 is 0 Å². The lowest BCUT2D eigenvalue weighted by Gasteiger charge is -2.19. The van der Waals surface area contributed by atoms with Gasteiger partial charge in [-0.3, -0.25) is 0 Å². The lowest BCUT2D eigenvalue weighted by Crippen LogP contribution is -2.15. The van der Waals surface area contributed by atoms with Crippen molar-refractivity contribution in [2.45, 2.75) is 11.1 Å². The van der Waals surface area contributed by atoms with Gasteiger partial charge in [0.05, 0.1) is 0 Å². The summed E-state index contributed by atoms with van der Waals surface area (Å²) in [6, 6.07) is 9.93. The van der Waals surface area contributed by atoms with Gasteiger partial charge >= 0.3 is 12.1 Å². The highest BCUT2D eigenvalue weighted by atomic mass is 32.2. The molecule has 3 aromatic rings. The van der Waals surface area contributed by atoms with Gasteiger partial charge in [0.15, 0.2) is 9.84 Å². The van der Waals surface area contributed by atoms with Crippen LogP contribution in [0.5, 0.6) is 0 Å². The van der Waals surface area contributed by atoms with Crippen molar-refractivity contribution in [1.29, 1.82) is 0 Å². The largest absolute Gasteiger partial charge is 0.478 e. The smallest absolute Gasteiger partial charge is 0.415 e. The van der Waals surface area contributed by atoms with Gasteiger partial charge in [0, 0.05) is 48.6 Å². The first-order chi connectivity index (χ1) is 18.1. The average molecular weight is 563 g/mol. The van der Waals surface area contributed by atoms with E-state index in [0.29, 0.717) is 16.7 Å². The topological polar surface area (TPSA) is 112 Å². The Labute approximate surface area is 221 Å². The molecule has 0 radical (unpaired) electrons. The minimum Gasteiger partial charge on any atom is -0.478 e. The Kier molecular flexibility index (Phi) is 8.54. The van der Waals surface area contributed by atoms with Crippen LogP contribution in [0.1, 0.15) is 5.56 Å². The first-order valence-electron chi connectivity index (χ1n) is 11.0. The number of rotatable bonds is 9. The third kappa shape index (κ3) is 7.74. The molecule has 0 spiro atoms. The zero-order chi connectivity index (χ0) is 29.0. The standard InChI is InChI=1S/C26H22F4N4O4S/c1-16(26(28,29)30)11-12-34(2)24-20(18-6-4-5-17(13-18)7-10-23(35)36)15-31-25(33-24)32-19-8-9-21(27)22(14-19)39(3,37)38/h4-15H,1H2,2-3H3,(H,35,36)(H,31,32,33)/b10-7+,12-11-. The van der Waals surface area contributed by atoms with Gasteiger partial charge in [-0.15, -0.1) is 0 Å². The van der Waals surface area contributed by atoms with Gasteiger partial charge in [0.2, 0.25) is 5.95 Å². The van der Waals surface area contributed by atoms with E-state index in [4.69, 9.17) is 5.11 Å². The summed E-state index contributed by atoms with van der Waals surface area (Å²) in [4.78, 5) is 20.2. The summed E-state index contributed by atoms with van der Waals surface area (Å²) in [5.74, 6) is -2.00. The Morgan fingerprint density at radius 3 is 2.51 bits per heavy atom. The quantitative estimate of drug-likeness (QED) is 0.197. The molecule has 0 atom stereocenters. The molecule has 0 fully saturated rings. The molecule has 0 bridgehead atoms. The first kappa shape index (κ1) is 29.0. The number of hydrogen-bond donors (Lipinski definition) is 2. The van der Waals surface area contributed by atoms with Gasteiger partial charge < -0.3 is 15.3 Å². The number of aromatic nitrogens is 2. The highest BCUT2D eigenvalue weighted by Crippen LogP contribution is 2.32. The van der Waals surface area contributed by atoms with E-state index >= 15 is 0 Å². The molecule has 0 aliphatic heterocycles. The first-order valence-corrected chi connectivity index (χ1v) is 12.9. The van der Waals surface area contributed by atoms with E-state index in [0.717, 1.165) is 36.7 Å². The van der Waals surface area contributed by atoms with Gasteiger partial charge in [-0.25, -0.2) is 22.6 Å². The zero-order valence-corrected chi connectivity index (χ0v) is 21.4. The summed E-state index contributed by atoms with van der Waals surface area (Å²) in [6.45, 7) is 3.01. The number of sulfone groups is 1. The fourth-order valence-electron chi connectivity index (χ4n) is 3.24. The number of nitrogens with one attached hydrogen (secondary N) is 1. The molecule has 13 heteroatoms. The molecule has 0 saturated carbocycles. The number of carboxylic acids is 1. The van der Waals surface area contributed by atoms with E-state index < -0.39 is 38.3 Å². The molecule has 2 aromatic carbocycles. The summed E-state index contributed by atoms with van der Waals surface area (Å²) in [6.07, 6.45) is 1.80. The van der Waals surface area contributed by atoms with E-state index in [1.807, 2.05) is 0 Å². The molecule has 39 heavy (non-hydrogen) atoms. The van der Waals surface area contributed by atoms with Crippen molar-refractivity contribution in [3.63, 3.8) is 0 Å². The molecule has 0 unspecified atom stereocenters. The van der Waals surface area contributed by atoms with Crippen molar-refractivity contribution < 1.29 is 35.9 Å². The van der Waals surface area contributed by atoms with Gasteiger partial charge in [-0.05, 0) is 47.5 Å². The van der Waals surface area contributed by atoms with Crippen molar-refractivity contribution in [2.24, 2.45) is 0 Å². The van der Waals surface area contributed by atoms with Gasteiger partial charge in [-0.2, -0.15) is 18.2 Å². The molecule has 1 heterocycles. The fourth-order valence-corrected chi connectivity index (χ4v) is 4.01. The number of carbonyl (C=O) groups is 1. The van der Waals surface area contributed by atoms with Crippen LogP contribution in [0.25, 0.3) is 17.2 Å². The SMILES string of the molecule is C=C(/C=C\N(C)c1nc(Nc2ccc(F)c(S(C)(=O)=O)c2)ncc1-c1cccc(/C=C/C(=O)O)c1)C(F)(F)F. The van der Waals surface area contributed by atoms with Crippen LogP contribution in [-0.2, 0) is 14.6 Å². The Hall–Kier alpha value is -4.52. The molecule has 1 aromatic heterocycles. The second-order valence-corrected chi connectivity index (χ2v) is 10.2. The molecule has 0 amide bonds. The Balaban J connectivity index is 2.08. The van der Waals surface area contributed by atoms with Gasteiger partial charge in [0.1, 0.15) is 16.5 Å². The maximum atomic E-state index is 14.0. The molecule has 2 N–H and O–H groups in total. The van der Waals surface area contributed by atoms with E-state index in [-0.39, 0.29) is 17.5 Å². The van der Waals surface area contributed by atoms with Crippen LogP contribution in [0.15, 0.2) is 84.1 Å². The summed E-state index contributed by atoms with van der Waals surface area (Å²) in [5, 5.41) is 11.7. The predicted molar refractivity (Wildman–Crippen MR) is 140 cm³/mol. The number of benzene rings is 2. The Morgan fingerprint density at radius 1 is 1.15 bits per heavy atom. The number of nitrogens with zero attached hydrogens (tertiary/aromatic N) is 3. The number of anilines is 3. The lowest BCUT2D eigenvalue weighted by atomic mass is 10.0. The Bertz CT molecular complexity index is 1590. The molecule has 0 saturated heterocycles. The number of allylic oxidation sites excluding steroid dienone is 2. The van der Waals surface area contributed by atoms with Crippen LogP contribution in [0.2, 0.25) is 0 Å². The number of carboxylic acid groups (broad SMARTS) is 1. The second-order valence-electron chi connectivity index (χ2n) is 8.22. The molecular formula is C26H22F4N4O4S. The lowest BCUT2D eigenvalue weighted by molar-refractivity contribution is -0.131. The molecule has 3 rings (SSSR count). The normalized spacial score (nSPS) is 12.2. The van der Waals surface area contributed by atoms with Gasteiger partial charge in [-0.1, -0.05) is 24.8 Å². The number of hydrogen-bond acceptors (Lipinski definition) is 7. The van der Waals surface area contributed by atoms with Crippen molar-refractivity contribution in [3.05, 3.63) is 90.5 Å². The number of halogens is 4. The summed E-state index contributed by atoms with van der Waals surface area (Å²) < 4.78 is 76.6.